The number of azo groups is 1. The number of alkyl halides is 1. The summed E-state index contributed by atoms with van der Waals surface area (Å²) in [7, 11) is 0. The van der Waals surface area contributed by atoms with E-state index in [0.717, 1.165) is 12.1 Å². The number of halogens is 1. The van der Waals surface area contributed by atoms with Gasteiger partial charge in [0.1, 0.15) is 0 Å². The number of hydrogen-bond acceptors (Lipinski definition) is 2. The molecule has 3 heteroatoms. The molecule has 0 aliphatic carbocycles. The van der Waals surface area contributed by atoms with Crippen molar-refractivity contribution in [3.8, 4) is 0 Å². The standard InChI is InChI=1S/C18H21ClN2/c1-14-9-11-17(12-10-14)20-21-18(3,19)13-15(2)16-7-5-4-6-8-16/h4-12,15H,13H2,1-3H3/t15-,18?/m0/s1. The predicted molar refractivity (Wildman–Crippen MR) is 89.4 cm³/mol. The van der Waals surface area contributed by atoms with Crippen molar-refractivity contribution in [1.82, 2.24) is 0 Å². The second-order valence-corrected chi connectivity index (χ2v) is 6.51. The van der Waals surface area contributed by atoms with Gasteiger partial charge in [0.05, 0.1) is 5.69 Å². The van der Waals surface area contributed by atoms with Crippen molar-refractivity contribution in [2.75, 3.05) is 0 Å². The van der Waals surface area contributed by atoms with E-state index in [4.69, 9.17) is 11.6 Å². The van der Waals surface area contributed by atoms with Crippen molar-refractivity contribution in [2.24, 2.45) is 10.2 Å². The number of nitrogens with zero attached hydrogens (tertiary/aromatic N) is 2. The van der Waals surface area contributed by atoms with Gasteiger partial charge in [0.25, 0.3) is 0 Å². The Morgan fingerprint density at radius 3 is 2.29 bits per heavy atom. The van der Waals surface area contributed by atoms with Crippen LogP contribution in [0, 0.1) is 6.92 Å². The molecular weight excluding hydrogens is 280 g/mol. The lowest BCUT2D eigenvalue weighted by Gasteiger charge is -2.20. The lowest BCUT2D eigenvalue weighted by atomic mass is 9.94. The van der Waals surface area contributed by atoms with E-state index in [1.165, 1.54) is 11.1 Å². The Morgan fingerprint density at radius 1 is 1.05 bits per heavy atom. The molecule has 0 aliphatic rings. The summed E-state index contributed by atoms with van der Waals surface area (Å²) in [6, 6.07) is 18.3. The zero-order valence-electron chi connectivity index (χ0n) is 12.8. The first-order chi connectivity index (χ1) is 9.96. The maximum Gasteiger partial charge on any atom is 0.152 e. The van der Waals surface area contributed by atoms with Crippen molar-refractivity contribution in [3.05, 3.63) is 65.7 Å². The molecule has 2 aromatic rings. The summed E-state index contributed by atoms with van der Waals surface area (Å²) in [6.45, 7) is 6.12. The summed E-state index contributed by atoms with van der Waals surface area (Å²) in [5, 5.41) is 8.57. The lowest BCUT2D eigenvalue weighted by molar-refractivity contribution is 0.520. The molecule has 2 nitrogen and oxygen atoms in total. The van der Waals surface area contributed by atoms with E-state index >= 15 is 0 Å². The second kappa shape index (κ2) is 6.86. The van der Waals surface area contributed by atoms with Gasteiger partial charge >= 0.3 is 0 Å². The summed E-state index contributed by atoms with van der Waals surface area (Å²) < 4.78 is 0. The molecule has 2 atom stereocenters. The quantitative estimate of drug-likeness (QED) is 0.355. The van der Waals surface area contributed by atoms with Gasteiger partial charge in [-0.05, 0) is 43.9 Å². The van der Waals surface area contributed by atoms with E-state index in [1.807, 2.05) is 56.3 Å². The van der Waals surface area contributed by atoms with Gasteiger partial charge in [0.15, 0.2) is 5.00 Å². The second-order valence-electron chi connectivity index (χ2n) is 5.69. The molecule has 0 amide bonds. The summed E-state index contributed by atoms with van der Waals surface area (Å²) in [4.78, 5) is -0.694. The number of rotatable bonds is 5. The summed E-state index contributed by atoms with van der Waals surface area (Å²) in [5.41, 5.74) is 3.31. The first-order valence-electron chi connectivity index (χ1n) is 7.20. The van der Waals surface area contributed by atoms with Crippen molar-refractivity contribution >= 4 is 17.3 Å². The molecule has 21 heavy (non-hydrogen) atoms. The van der Waals surface area contributed by atoms with E-state index in [2.05, 4.69) is 29.3 Å². The van der Waals surface area contributed by atoms with Crippen LogP contribution in [0.2, 0.25) is 0 Å². The van der Waals surface area contributed by atoms with Gasteiger partial charge in [-0.15, -0.1) is 0 Å². The zero-order valence-corrected chi connectivity index (χ0v) is 13.5. The highest BCUT2D eigenvalue weighted by Crippen LogP contribution is 2.32. The number of aryl methyl sites for hydroxylation is 1. The molecule has 0 spiro atoms. The highest BCUT2D eigenvalue weighted by molar-refractivity contribution is 6.23. The monoisotopic (exact) mass is 300 g/mol. The summed E-state index contributed by atoms with van der Waals surface area (Å²) >= 11 is 6.50. The molecule has 1 unspecified atom stereocenters. The number of hydrogen-bond donors (Lipinski definition) is 0. The maximum atomic E-state index is 6.50. The molecule has 0 aromatic heterocycles. The molecular formula is C18H21ClN2. The molecule has 0 radical (unpaired) electrons. The fraction of sp³-hybridized carbons (Fsp3) is 0.333. The van der Waals surface area contributed by atoms with E-state index in [9.17, 15) is 0 Å². The molecule has 0 N–H and O–H groups in total. The van der Waals surface area contributed by atoms with Crippen LogP contribution >= 0.6 is 11.6 Å². The summed E-state index contributed by atoms with van der Waals surface area (Å²) in [6.07, 6.45) is 0.744. The molecule has 0 aliphatic heterocycles. The van der Waals surface area contributed by atoms with E-state index < -0.39 is 5.00 Å². The Hall–Kier alpha value is -1.67. The van der Waals surface area contributed by atoms with Crippen LogP contribution in [0.1, 0.15) is 37.3 Å². The Balaban J connectivity index is 2.02. The highest BCUT2D eigenvalue weighted by Gasteiger charge is 2.24. The minimum absolute atomic E-state index is 0.339. The van der Waals surface area contributed by atoms with Gasteiger partial charge in [-0.3, -0.25) is 0 Å². The van der Waals surface area contributed by atoms with Crippen LogP contribution in [0.3, 0.4) is 0 Å². The van der Waals surface area contributed by atoms with Crippen molar-refractivity contribution in [3.63, 3.8) is 0 Å². The lowest BCUT2D eigenvalue weighted by Crippen LogP contribution is -2.15. The third-order valence-corrected chi connectivity index (χ3v) is 3.69. The van der Waals surface area contributed by atoms with Crippen LogP contribution in [0.25, 0.3) is 0 Å². The van der Waals surface area contributed by atoms with Crippen molar-refractivity contribution in [1.29, 1.82) is 0 Å². The van der Waals surface area contributed by atoms with Gasteiger partial charge in [0, 0.05) is 0 Å². The van der Waals surface area contributed by atoms with Gasteiger partial charge in [-0.25, -0.2) is 0 Å². The van der Waals surface area contributed by atoms with Crippen LogP contribution in [0.4, 0.5) is 5.69 Å². The minimum atomic E-state index is -0.694. The third kappa shape index (κ3) is 4.98. The van der Waals surface area contributed by atoms with Crippen molar-refractivity contribution < 1.29 is 0 Å². The molecule has 0 fully saturated rings. The number of benzene rings is 2. The molecule has 2 rings (SSSR count). The van der Waals surface area contributed by atoms with Crippen LogP contribution in [0.5, 0.6) is 0 Å². The van der Waals surface area contributed by atoms with Gasteiger partial charge in [0.2, 0.25) is 0 Å². The van der Waals surface area contributed by atoms with Crippen LogP contribution in [-0.4, -0.2) is 5.00 Å². The zero-order chi connectivity index (χ0) is 15.3. The molecule has 0 bridgehead atoms. The van der Waals surface area contributed by atoms with Gasteiger partial charge in [-0.2, -0.15) is 10.2 Å². The van der Waals surface area contributed by atoms with E-state index in [-0.39, 0.29) is 0 Å². The Bertz CT molecular complexity index is 588. The Labute approximate surface area is 131 Å². The third-order valence-electron chi connectivity index (χ3n) is 3.46. The highest BCUT2D eigenvalue weighted by atomic mass is 35.5. The molecule has 2 aromatic carbocycles. The van der Waals surface area contributed by atoms with Crippen molar-refractivity contribution in [2.45, 2.75) is 38.1 Å². The fourth-order valence-electron chi connectivity index (χ4n) is 2.27. The largest absolute Gasteiger partial charge is 0.166 e. The molecule has 0 saturated heterocycles. The van der Waals surface area contributed by atoms with Crippen LogP contribution in [-0.2, 0) is 0 Å². The Kier molecular flexibility index (Phi) is 5.13. The average molecular weight is 301 g/mol. The van der Waals surface area contributed by atoms with Crippen LogP contribution in [0.15, 0.2) is 64.8 Å². The smallest absolute Gasteiger partial charge is 0.152 e. The molecule has 0 heterocycles. The summed E-state index contributed by atoms with van der Waals surface area (Å²) in [5.74, 6) is 0.339. The maximum absolute atomic E-state index is 6.50. The predicted octanol–water partition coefficient (Wildman–Crippen LogP) is 6.23. The fourth-order valence-corrected chi connectivity index (χ4v) is 2.54. The van der Waals surface area contributed by atoms with Gasteiger partial charge in [-0.1, -0.05) is 66.6 Å². The molecule has 0 saturated carbocycles. The first kappa shape index (κ1) is 15.7. The van der Waals surface area contributed by atoms with Crippen LogP contribution < -0.4 is 0 Å². The van der Waals surface area contributed by atoms with E-state index in [0.29, 0.717) is 5.92 Å². The van der Waals surface area contributed by atoms with Gasteiger partial charge < -0.3 is 0 Å². The average Bonchev–Trinajstić information content (AvgIpc) is 2.47. The van der Waals surface area contributed by atoms with E-state index in [1.54, 1.807) is 0 Å². The minimum Gasteiger partial charge on any atom is -0.166 e. The Morgan fingerprint density at radius 2 is 1.67 bits per heavy atom. The molecule has 110 valence electrons. The topological polar surface area (TPSA) is 24.7 Å². The first-order valence-corrected chi connectivity index (χ1v) is 7.57. The normalized spacial score (nSPS) is 15.8. The SMILES string of the molecule is Cc1ccc(N=NC(C)(Cl)C[C@H](C)c2ccccc2)cc1.